The first-order valence-corrected chi connectivity index (χ1v) is 8.38. The summed E-state index contributed by atoms with van der Waals surface area (Å²) < 4.78 is 0. The Morgan fingerprint density at radius 1 is 1.27 bits per heavy atom. The Kier molecular flexibility index (Phi) is 7.16. The highest BCUT2D eigenvalue weighted by molar-refractivity contribution is 5.90. The fourth-order valence-electron chi connectivity index (χ4n) is 2.90. The van der Waals surface area contributed by atoms with E-state index in [9.17, 15) is 4.79 Å². The Hall–Kier alpha value is -1.62. The number of carbonyl (C=O) groups excluding carboxylic acids is 1. The molecule has 1 saturated carbocycles. The van der Waals surface area contributed by atoms with E-state index in [2.05, 4.69) is 15.6 Å². The second-order valence-electron chi connectivity index (χ2n) is 6.03. The second-order valence-corrected chi connectivity index (χ2v) is 6.03. The first-order valence-electron chi connectivity index (χ1n) is 8.38. The second kappa shape index (κ2) is 9.41. The topological polar surface area (TPSA) is 74.2 Å². The van der Waals surface area contributed by atoms with Gasteiger partial charge in [-0.15, -0.1) is 0 Å². The number of aliphatic hydroxyl groups is 1. The third-order valence-electron chi connectivity index (χ3n) is 4.19. The lowest BCUT2D eigenvalue weighted by Crippen LogP contribution is -2.15. The number of aliphatic hydroxyl groups excluding tert-OH is 1. The summed E-state index contributed by atoms with van der Waals surface area (Å²) in [6.45, 7) is 0.860. The normalized spacial score (nSPS) is 15.5. The largest absolute Gasteiger partial charge is 0.396 e. The lowest BCUT2D eigenvalue weighted by atomic mass is 9.86. The van der Waals surface area contributed by atoms with Crippen LogP contribution < -0.4 is 10.6 Å². The maximum atomic E-state index is 12.0. The van der Waals surface area contributed by atoms with Gasteiger partial charge in [0.25, 0.3) is 0 Å². The summed E-state index contributed by atoms with van der Waals surface area (Å²) in [5, 5.41) is 14.7. The number of anilines is 2. The van der Waals surface area contributed by atoms with Crippen molar-refractivity contribution in [2.45, 2.75) is 51.4 Å². The number of nitrogens with one attached hydrogen (secondary N) is 2. The molecule has 0 unspecified atom stereocenters. The molecule has 2 rings (SSSR count). The predicted octanol–water partition coefficient (Wildman–Crippen LogP) is 3.17. The number of hydrogen-bond donors (Lipinski definition) is 3. The van der Waals surface area contributed by atoms with Crippen molar-refractivity contribution in [2.24, 2.45) is 5.92 Å². The van der Waals surface area contributed by atoms with E-state index in [1.165, 1.54) is 32.1 Å². The van der Waals surface area contributed by atoms with Gasteiger partial charge in [-0.05, 0) is 30.9 Å². The van der Waals surface area contributed by atoms with Gasteiger partial charge in [0.15, 0.2) is 0 Å². The Morgan fingerprint density at radius 3 is 2.77 bits per heavy atom. The molecule has 0 saturated heterocycles. The van der Waals surface area contributed by atoms with Gasteiger partial charge in [-0.1, -0.05) is 32.1 Å². The minimum atomic E-state index is 0.0772. The van der Waals surface area contributed by atoms with Gasteiger partial charge in [0.2, 0.25) is 5.91 Å². The molecule has 1 aromatic rings. The average Bonchev–Trinajstić information content (AvgIpc) is 2.56. The minimum absolute atomic E-state index is 0.0772. The van der Waals surface area contributed by atoms with Crippen LogP contribution in [0.3, 0.4) is 0 Å². The molecular weight excluding hydrogens is 278 g/mol. The summed E-state index contributed by atoms with van der Waals surface area (Å²) >= 11 is 0. The molecule has 0 bridgehead atoms. The first-order chi connectivity index (χ1) is 10.8. The van der Waals surface area contributed by atoms with Crippen LogP contribution in [0.25, 0.3) is 0 Å². The van der Waals surface area contributed by atoms with Crippen molar-refractivity contribution in [1.29, 1.82) is 0 Å². The number of nitrogens with zero attached hydrogens (tertiary/aromatic N) is 1. The molecular formula is C17H27N3O2. The van der Waals surface area contributed by atoms with Gasteiger partial charge in [0.05, 0.1) is 11.9 Å². The van der Waals surface area contributed by atoms with E-state index in [4.69, 9.17) is 5.11 Å². The highest BCUT2D eigenvalue weighted by Crippen LogP contribution is 2.27. The SMILES string of the molecule is O=C(CCC1CCCCC1)Nc1ccc(NCCCO)nc1. The van der Waals surface area contributed by atoms with Crippen molar-refractivity contribution in [3.8, 4) is 0 Å². The van der Waals surface area contributed by atoms with Crippen LogP contribution in [0, 0.1) is 5.92 Å². The van der Waals surface area contributed by atoms with Crippen molar-refractivity contribution in [3.05, 3.63) is 18.3 Å². The van der Waals surface area contributed by atoms with E-state index in [0.29, 0.717) is 19.4 Å². The van der Waals surface area contributed by atoms with Gasteiger partial charge in [0.1, 0.15) is 5.82 Å². The molecule has 1 aliphatic rings. The lowest BCUT2D eigenvalue weighted by Gasteiger charge is -2.20. The summed E-state index contributed by atoms with van der Waals surface area (Å²) in [5.41, 5.74) is 0.737. The van der Waals surface area contributed by atoms with E-state index in [1.54, 1.807) is 6.20 Å². The molecule has 0 aromatic carbocycles. The zero-order valence-electron chi connectivity index (χ0n) is 13.2. The summed E-state index contributed by atoms with van der Waals surface area (Å²) in [6.07, 6.45) is 10.5. The Morgan fingerprint density at radius 2 is 2.09 bits per heavy atom. The fraction of sp³-hybridized carbons (Fsp3) is 0.647. The molecule has 0 radical (unpaired) electrons. The number of rotatable bonds is 8. The van der Waals surface area contributed by atoms with Crippen LogP contribution in [-0.4, -0.2) is 29.1 Å². The van der Waals surface area contributed by atoms with Gasteiger partial charge in [-0.2, -0.15) is 0 Å². The van der Waals surface area contributed by atoms with E-state index in [0.717, 1.165) is 23.8 Å². The standard InChI is InChI=1S/C17H27N3O2/c21-12-4-11-18-16-9-8-15(13-19-16)20-17(22)10-7-14-5-2-1-3-6-14/h8-9,13-14,21H,1-7,10-12H2,(H,18,19)(H,20,22). The maximum absolute atomic E-state index is 12.0. The van der Waals surface area contributed by atoms with E-state index < -0.39 is 0 Å². The number of carbonyl (C=O) groups is 1. The zero-order valence-corrected chi connectivity index (χ0v) is 13.2. The molecule has 5 heteroatoms. The Labute approximate surface area is 132 Å². The highest BCUT2D eigenvalue weighted by Gasteiger charge is 2.14. The molecule has 3 N–H and O–H groups in total. The van der Waals surface area contributed by atoms with Crippen molar-refractivity contribution in [1.82, 2.24) is 4.98 Å². The molecule has 1 fully saturated rings. The van der Waals surface area contributed by atoms with E-state index >= 15 is 0 Å². The number of aromatic nitrogens is 1. The number of amides is 1. The number of pyridine rings is 1. The highest BCUT2D eigenvalue weighted by atomic mass is 16.3. The van der Waals surface area contributed by atoms with E-state index in [1.807, 2.05) is 12.1 Å². The molecule has 5 nitrogen and oxygen atoms in total. The minimum Gasteiger partial charge on any atom is -0.396 e. The molecule has 0 spiro atoms. The predicted molar refractivity (Wildman–Crippen MR) is 88.9 cm³/mol. The van der Waals surface area contributed by atoms with Crippen molar-refractivity contribution >= 4 is 17.4 Å². The van der Waals surface area contributed by atoms with Crippen LogP contribution in [0.15, 0.2) is 18.3 Å². The first kappa shape index (κ1) is 16.7. The monoisotopic (exact) mass is 305 g/mol. The van der Waals surface area contributed by atoms with Crippen molar-refractivity contribution < 1.29 is 9.90 Å². The third-order valence-corrected chi connectivity index (χ3v) is 4.19. The summed E-state index contributed by atoms with van der Waals surface area (Å²) in [4.78, 5) is 16.2. The van der Waals surface area contributed by atoms with Crippen LogP contribution in [0.1, 0.15) is 51.4 Å². The quantitative estimate of drug-likeness (QED) is 0.645. The maximum Gasteiger partial charge on any atom is 0.224 e. The Bertz CT molecular complexity index is 442. The van der Waals surface area contributed by atoms with Gasteiger partial charge in [-0.25, -0.2) is 4.98 Å². The van der Waals surface area contributed by atoms with Crippen molar-refractivity contribution in [2.75, 3.05) is 23.8 Å². The van der Waals surface area contributed by atoms with Crippen LogP contribution in [-0.2, 0) is 4.79 Å². The lowest BCUT2D eigenvalue weighted by molar-refractivity contribution is -0.116. The van der Waals surface area contributed by atoms with Crippen molar-refractivity contribution in [3.63, 3.8) is 0 Å². The van der Waals surface area contributed by atoms with Crippen LogP contribution in [0.5, 0.6) is 0 Å². The third kappa shape index (κ3) is 6.02. The summed E-state index contributed by atoms with van der Waals surface area (Å²) in [6, 6.07) is 3.70. The average molecular weight is 305 g/mol. The molecule has 22 heavy (non-hydrogen) atoms. The molecule has 1 amide bonds. The van der Waals surface area contributed by atoms with Gasteiger partial charge in [-0.3, -0.25) is 4.79 Å². The number of hydrogen-bond acceptors (Lipinski definition) is 4. The van der Waals surface area contributed by atoms with Crippen LogP contribution >= 0.6 is 0 Å². The van der Waals surface area contributed by atoms with Crippen LogP contribution in [0.4, 0.5) is 11.5 Å². The molecule has 1 heterocycles. The van der Waals surface area contributed by atoms with Gasteiger partial charge >= 0.3 is 0 Å². The zero-order chi connectivity index (χ0) is 15.6. The molecule has 1 aliphatic carbocycles. The smallest absolute Gasteiger partial charge is 0.224 e. The summed E-state index contributed by atoms with van der Waals surface area (Å²) in [5.74, 6) is 1.57. The Balaban J connectivity index is 1.69. The molecule has 0 aliphatic heterocycles. The fourth-order valence-corrected chi connectivity index (χ4v) is 2.90. The molecule has 0 atom stereocenters. The van der Waals surface area contributed by atoms with Crippen LogP contribution in [0.2, 0.25) is 0 Å². The van der Waals surface area contributed by atoms with E-state index in [-0.39, 0.29) is 12.5 Å². The van der Waals surface area contributed by atoms with Gasteiger partial charge in [0, 0.05) is 19.6 Å². The molecule has 1 aromatic heterocycles. The molecule has 122 valence electrons. The van der Waals surface area contributed by atoms with Gasteiger partial charge < -0.3 is 15.7 Å². The summed E-state index contributed by atoms with van der Waals surface area (Å²) in [7, 11) is 0.